The summed E-state index contributed by atoms with van der Waals surface area (Å²) in [6.07, 6.45) is 4.39. The van der Waals surface area contributed by atoms with Gasteiger partial charge in [-0.3, -0.25) is 0 Å². The lowest BCUT2D eigenvalue weighted by molar-refractivity contribution is -0.663. The van der Waals surface area contributed by atoms with Crippen molar-refractivity contribution in [1.82, 2.24) is 0 Å². The molecule has 33 heavy (non-hydrogen) atoms. The Bertz CT molecular complexity index is 1310. The molecule has 3 aromatic carbocycles. The monoisotopic (exact) mass is 474 g/mol. The van der Waals surface area contributed by atoms with Gasteiger partial charge in [-0.1, -0.05) is 30.3 Å². The second-order valence-corrected chi connectivity index (χ2v) is 8.48. The van der Waals surface area contributed by atoms with Crippen molar-refractivity contribution >= 4 is 21.8 Å². The van der Waals surface area contributed by atoms with Crippen LogP contribution in [0, 0.1) is 20.8 Å². The zero-order chi connectivity index (χ0) is 21.4. The van der Waals surface area contributed by atoms with Gasteiger partial charge in [0.15, 0.2) is 25.5 Å². The summed E-state index contributed by atoms with van der Waals surface area (Å²) in [4.78, 5) is 0. The van der Waals surface area contributed by atoms with Gasteiger partial charge in [-0.25, -0.2) is 0 Å². The molecule has 0 unspecified atom stereocenters. The Morgan fingerprint density at radius 1 is 0.545 bits per heavy atom. The van der Waals surface area contributed by atoms with Gasteiger partial charge in [0.1, 0.15) is 0 Å². The van der Waals surface area contributed by atoms with E-state index in [1.54, 1.807) is 0 Å². The van der Waals surface area contributed by atoms with E-state index in [9.17, 15) is 0 Å². The van der Waals surface area contributed by atoms with Gasteiger partial charge >= 0.3 is 0 Å². The number of rotatable bonds is 4. The average molecular weight is 475 g/mol. The summed E-state index contributed by atoms with van der Waals surface area (Å²) < 4.78 is 4.74. The van der Waals surface area contributed by atoms with Crippen LogP contribution in [0.2, 0.25) is 0 Å². The topological polar surface area (TPSA) is 7.76 Å². The molecule has 0 N–H and O–H groups in total. The molecule has 0 aliphatic rings. The van der Waals surface area contributed by atoms with E-state index in [0.29, 0.717) is 0 Å². The van der Waals surface area contributed by atoms with Crippen molar-refractivity contribution in [3.05, 3.63) is 119 Å². The molecule has 2 aromatic heterocycles. The molecule has 0 fully saturated rings. The molecule has 0 atom stereocenters. The molecule has 0 bridgehead atoms. The number of aryl methyl sites for hydroxylation is 2. The zero-order valence-corrected chi connectivity index (χ0v) is 20.7. The molecule has 0 aliphatic heterocycles. The van der Waals surface area contributed by atoms with Gasteiger partial charge in [0, 0.05) is 46.2 Å². The fraction of sp³-hybridized carbons (Fsp3) is 0.172. The molecule has 0 spiro atoms. The third-order valence-corrected chi connectivity index (χ3v) is 6.52. The van der Waals surface area contributed by atoms with Crippen molar-refractivity contribution < 1.29 is 33.9 Å². The Morgan fingerprint density at radius 2 is 0.939 bits per heavy atom. The number of nitrogens with zero attached hydrogens (tertiary/aromatic N) is 2. The molecule has 5 rings (SSSR count). The minimum absolute atomic E-state index is 0. The molecule has 0 saturated heterocycles. The Balaban J connectivity index is 0.00000153. The first-order valence-electron chi connectivity index (χ1n) is 10.9. The van der Waals surface area contributed by atoms with E-state index in [1.807, 2.05) is 0 Å². The van der Waals surface area contributed by atoms with Crippen LogP contribution in [0.5, 0.6) is 0 Å². The molecular weight excluding hydrogens is 447 g/mol. The summed E-state index contributed by atoms with van der Waals surface area (Å²) in [5.74, 6) is 0. The van der Waals surface area contributed by atoms with Crippen LogP contribution in [0.15, 0.2) is 91.3 Å². The number of pyridine rings is 2. The highest BCUT2D eigenvalue weighted by atomic mass is 35.5. The summed E-state index contributed by atoms with van der Waals surface area (Å²) in [6, 6.07) is 28.3. The lowest BCUT2D eigenvalue weighted by atomic mass is 9.93. The van der Waals surface area contributed by atoms with Crippen LogP contribution >= 0.6 is 0 Å². The maximum Gasteiger partial charge on any atom is 0.212 e. The first kappa shape index (κ1) is 24.7. The first-order chi connectivity index (χ1) is 15.1. The highest BCUT2D eigenvalue weighted by Gasteiger charge is 2.19. The van der Waals surface area contributed by atoms with E-state index >= 15 is 0 Å². The average Bonchev–Trinajstić information content (AvgIpc) is 2.79. The van der Waals surface area contributed by atoms with E-state index in [2.05, 4.69) is 121 Å². The predicted octanol–water partition coefficient (Wildman–Crippen LogP) is -0.402. The van der Waals surface area contributed by atoms with E-state index < -0.39 is 0 Å². The maximum absolute atomic E-state index is 2.37. The fourth-order valence-electron chi connectivity index (χ4n) is 4.82. The number of fused-ring (bicyclic) bond motifs is 2. The van der Waals surface area contributed by atoms with Crippen LogP contribution in [0.1, 0.15) is 27.8 Å². The van der Waals surface area contributed by atoms with Crippen molar-refractivity contribution in [2.45, 2.75) is 33.9 Å². The van der Waals surface area contributed by atoms with Crippen LogP contribution in [-0.2, 0) is 13.1 Å². The van der Waals surface area contributed by atoms with Gasteiger partial charge in [0.2, 0.25) is 11.0 Å². The SMILES string of the molecule is Cc1cc(C)c(C[n+]2cccc3ccccc32)c(C)c1C[n+]1cccc2ccccc21.[Cl-].[Cl-]. The minimum Gasteiger partial charge on any atom is -1.00 e. The zero-order valence-electron chi connectivity index (χ0n) is 19.2. The summed E-state index contributed by atoms with van der Waals surface area (Å²) >= 11 is 0. The Kier molecular flexibility index (Phi) is 7.73. The van der Waals surface area contributed by atoms with E-state index in [0.717, 1.165) is 13.1 Å². The number of aromatic nitrogens is 2. The van der Waals surface area contributed by atoms with Gasteiger partial charge < -0.3 is 24.8 Å². The van der Waals surface area contributed by atoms with Crippen LogP contribution in [0.4, 0.5) is 0 Å². The second kappa shape index (κ2) is 10.3. The van der Waals surface area contributed by atoms with Gasteiger partial charge in [-0.15, -0.1) is 0 Å². The number of hydrogen-bond acceptors (Lipinski definition) is 0. The highest BCUT2D eigenvalue weighted by Crippen LogP contribution is 2.23. The molecular formula is C29H28Cl2N2. The summed E-state index contributed by atoms with van der Waals surface area (Å²) in [6.45, 7) is 8.55. The minimum atomic E-state index is 0. The third kappa shape index (κ3) is 4.73. The van der Waals surface area contributed by atoms with E-state index in [1.165, 1.54) is 49.6 Å². The Morgan fingerprint density at radius 3 is 1.39 bits per heavy atom. The van der Waals surface area contributed by atoms with E-state index in [-0.39, 0.29) is 24.8 Å². The number of para-hydroxylation sites is 2. The highest BCUT2D eigenvalue weighted by molar-refractivity contribution is 5.75. The van der Waals surface area contributed by atoms with Crippen molar-refractivity contribution in [1.29, 1.82) is 0 Å². The summed E-state index contributed by atoms with van der Waals surface area (Å²) in [5, 5.41) is 2.55. The van der Waals surface area contributed by atoms with E-state index in [4.69, 9.17) is 0 Å². The Labute approximate surface area is 208 Å². The molecule has 0 saturated carbocycles. The predicted molar refractivity (Wildman–Crippen MR) is 127 cm³/mol. The molecule has 0 radical (unpaired) electrons. The first-order valence-corrected chi connectivity index (χ1v) is 10.9. The maximum atomic E-state index is 2.37. The standard InChI is InChI=1S/C29H28N2.2ClH/c1-21-18-22(2)27(20-31-17-9-13-25-11-5-7-15-29(25)31)23(3)26(21)19-30-16-8-12-24-10-4-6-14-28(24)30;;/h4-18H,19-20H2,1-3H3;2*1H/q+2;;/p-2. The Hall–Kier alpha value is -2.94. The fourth-order valence-corrected chi connectivity index (χ4v) is 4.82. The number of benzene rings is 3. The third-order valence-electron chi connectivity index (χ3n) is 6.52. The van der Waals surface area contributed by atoms with Gasteiger partial charge in [-0.05, 0) is 61.7 Å². The molecule has 5 aromatic rings. The molecule has 0 aliphatic carbocycles. The van der Waals surface area contributed by atoms with Gasteiger partial charge in [0.25, 0.3) is 0 Å². The molecule has 4 heteroatoms. The van der Waals surface area contributed by atoms with Crippen molar-refractivity contribution in [3.8, 4) is 0 Å². The largest absolute Gasteiger partial charge is 1.00 e. The quantitative estimate of drug-likeness (QED) is 0.313. The second-order valence-electron chi connectivity index (χ2n) is 8.48. The normalized spacial score (nSPS) is 10.6. The van der Waals surface area contributed by atoms with Gasteiger partial charge in [0.05, 0.1) is 0 Å². The molecule has 2 heterocycles. The van der Waals surface area contributed by atoms with Crippen molar-refractivity contribution in [2.75, 3.05) is 0 Å². The summed E-state index contributed by atoms with van der Waals surface area (Å²) in [7, 11) is 0. The van der Waals surface area contributed by atoms with Crippen LogP contribution in [0.3, 0.4) is 0 Å². The summed E-state index contributed by atoms with van der Waals surface area (Å²) in [5.41, 5.74) is 9.51. The molecule has 168 valence electrons. The van der Waals surface area contributed by atoms with Crippen LogP contribution in [0.25, 0.3) is 21.8 Å². The smallest absolute Gasteiger partial charge is 0.212 e. The van der Waals surface area contributed by atoms with Crippen LogP contribution < -0.4 is 33.9 Å². The number of halogens is 2. The number of hydrogen-bond donors (Lipinski definition) is 0. The molecule has 0 amide bonds. The van der Waals surface area contributed by atoms with Crippen molar-refractivity contribution in [2.24, 2.45) is 0 Å². The van der Waals surface area contributed by atoms with Crippen LogP contribution in [-0.4, -0.2) is 0 Å². The van der Waals surface area contributed by atoms with Gasteiger partial charge in [-0.2, -0.15) is 9.13 Å². The molecule has 2 nitrogen and oxygen atoms in total. The van der Waals surface area contributed by atoms with Crippen molar-refractivity contribution in [3.63, 3.8) is 0 Å². The lowest BCUT2D eigenvalue weighted by Crippen LogP contribution is -3.00. The lowest BCUT2D eigenvalue weighted by Gasteiger charge is -2.15.